The number of rotatable bonds is 4. The summed E-state index contributed by atoms with van der Waals surface area (Å²) < 4.78 is 0. The van der Waals surface area contributed by atoms with Crippen molar-refractivity contribution in [2.45, 2.75) is 59.5 Å². The molecule has 0 aromatic heterocycles. The van der Waals surface area contributed by atoms with Crippen LogP contribution >= 0.6 is 0 Å². The molecule has 0 aromatic carbocycles. The Morgan fingerprint density at radius 1 is 1.13 bits per heavy atom. The van der Waals surface area contributed by atoms with Gasteiger partial charge in [-0.15, -0.1) is 0 Å². The summed E-state index contributed by atoms with van der Waals surface area (Å²) in [5.41, 5.74) is 10.9. The molecule has 94 valence electrons. The van der Waals surface area contributed by atoms with Crippen LogP contribution in [0.15, 0.2) is 0 Å². The quantitative estimate of drug-likeness (QED) is 0.673. The molecule has 0 aliphatic rings. The fourth-order valence-corrected chi connectivity index (χ4v) is 0.979. The van der Waals surface area contributed by atoms with Gasteiger partial charge in [-0.25, -0.2) is 0 Å². The van der Waals surface area contributed by atoms with Crippen LogP contribution in [0.3, 0.4) is 0 Å². The Kier molecular flexibility index (Phi) is 9.31. The van der Waals surface area contributed by atoms with E-state index in [1.165, 1.54) is 0 Å². The maximum absolute atomic E-state index is 8.59. The molecule has 0 bridgehead atoms. The van der Waals surface area contributed by atoms with Crippen molar-refractivity contribution in [1.82, 2.24) is 0 Å². The van der Waals surface area contributed by atoms with Gasteiger partial charge in [0.05, 0.1) is 0 Å². The lowest BCUT2D eigenvalue weighted by Gasteiger charge is -2.24. The highest BCUT2D eigenvalue weighted by atomic mass is 16.3. The minimum absolute atomic E-state index is 0.170. The molecule has 2 unspecified atom stereocenters. The van der Waals surface area contributed by atoms with Gasteiger partial charge in [-0.1, -0.05) is 20.8 Å². The maximum atomic E-state index is 8.59. The SMILES string of the molecule is CC(C)CC(C)N.CC(CO)C(C)(C)N. The molecule has 3 heteroatoms. The minimum Gasteiger partial charge on any atom is -0.396 e. The second-order valence-electron chi connectivity index (χ2n) is 5.51. The third-order valence-electron chi connectivity index (χ3n) is 2.39. The first kappa shape index (κ1) is 17.3. The molecule has 3 nitrogen and oxygen atoms in total. The molecule has 0 fully saturated rings. The van der Waals surface area contributed by atoms with Crippen molar-refractivity contribution >= 4 is 0 Å². The first-order chi connectivity index (χ1) is 6.61. The van der Waals surface area contributed by atoms with Crippen LogP contribution in [0.4, 0.5) is 0 Å². The van der Waals surface area contributed by atoms with Crippen molar-refractivity contribution in [3.8, 4) is 0 Å². The second-order valence-corrected chi connectivity index (χ2v) is 5.51. The average molecular weight is 218 g/mol. The standard InChI is InChI=1S/C6H15NO.C6H15N/c1-5(4-8)6(2,3)7;1-5(2)4-6(3)7/h5,8H,4,7H2,1-3H3;5-6H,4,7H2,1-3H3. The van der Waals surface area contributed by atoms with Crippen LogP contribution in [-0.4, -0.2) is 23.3 Å². The van der Waals surface area contributed by atoms with Gasteiger partial charge < -0.3 is 16.6 Å². The van der Waals surface area contributed by atoms with Gasteiger partial charge in [0.15, 0.2) is 0 Å². The molecule has 0 heterocycles. The van der Waals surface area contributed by atoms with Gasteiger partial charge in [0.1, 0.15) is 0 Å². The van der Waals surface area contributed by atoms with Crippen molar-refractivity contribution in [2.24, 2.45) is 23.3 Å². The number of aliphatic hydroxyl groups excluding tert-OH is 1. The molecule has 0 spiro atoms. The lowest BCUT2D eigenvalue weighted by Crippen LogP contribution is -2.40. The summed E-state index contributed by atoms with van der Waals surface area (Å²) in [6, 6.07) is 0.375. The number of nitrogens with two attached hydrogens (primary N) is 2. The van der Waals surface area contributed by atoms with Crippen LogP contribution in [0.2, 0.25) is 0 Å². The summed E-state index contributed by atoms with van der Waals surface area (Å²) in [5.74, 6) is 0.933. The third-order valence-corrected chi connectivity index (χ3v) is 2.39. The van der Waals surface area contributed by atoms with Crippen LogP contribution < -0.4 is 11.5 Å². The van der Waals surface area contributed by atoms with E-state index in [1.807, 2.05) is 27.7 Å². The van der Waals surface area contributed by atoms with Crippen molar-refractivity contribution in [3.63, 3.8) is 0 Å². The van der Waals surface area contributed by atoms with Crippen LogP contribution in [0, 0.1) is 11.8 Å². The van der Waals surface area contributed by atoms with E-state index in [0.29, 0.717) is 6.04 Å². The third kappa shape index (κ3) is 13.9. The van der Waals surface area contributed by atoms with E-state index in [4.69, 9.17) is 16.6 Å². The predicted molar refractivity (Wildman–Crippen MR) is 67.6 cm³/mol. The molecule has 5 N–H and O–H groups in total. The molecule has 2 atom stereocenters. The highest BCUT2D eigenvalue weighted by Gasteiger charge is 2.18. The van der Waals surface area contributed by atoms with Crippen molar-refractivity contribution in [1.29, 1.82) is 0 Å². The Morgan fingerprint density at radius 3 is 1.53 bits per heavy atom. The summed E-state index contributed by atoms with van der Waals surface area (Å²) >= 11 is 0. The topological polar surface area (TPSA) is 72.3 Å². The van der Waals surface area contributed by atoms with Gasteiger partial charge in [0, 0.05) is 18.2 Å². The number of hydrogen-bond acceptors (Lipinski definition) is 3. The van der Waals surface area contributed by atoms with Crippen LogP contribution in [-0.2, 0) is 0 Å². The van der Waals surface area contributed by atoms with Crippen LogP contribution in [0.5, 0.6) is 0 Å². The number of aliphatic hydroxyl groups is 1. The Bertz CT molecular complexity index is 133. The molecule has 0 rings (SSSR count). The van der Waals surface area contributed by atoms with Crippen LogP contribution in [0.1, 0.15) is 48.0 Å². The summed E-state index contributed by atoms with van der Waals surface area (Å²) in [6.45, 7) is 12.3. The van der Waals surface area contributed by atoms with E-state index in [2.05, 4.69) is 13.8 Å². The smallest absolute Gasteiger partial charge is 0.0473 e. The fraction of sp³-hybridized carbons (Fsp3) is 1.00. The second kappa shape index (κ2) is 8.08. The van der Waals surface area contributed by atoms with Crippen molar-refractivity contribution in [3.05, 3.63) is 0 Å². The monoisotopic (exact) mass is 218 g/mol. The molecular formula is C12H30N2O. The normalized spacial score (nSPS) is 15.6. The van der Waals surface area contributed by atoms with E-state index in [-0.39, 0.29) is 18.1 Å². The van der Waals surface area contributed by atoms with E-state index in [0.717, 1.165) is 12.3 Å². The van der Waals surface area contributed by atoms with E-state index in [9.17, 15) is 0 Å². The summed E-state index contributed by atoms with van der Waals surface area (Å²) in [7, 11) is 0. The lowest BCUT2D eigenvalue weighted by molar-refractivity contribution is 0.184. The summed E-state index contributed by atoms with van der Waals surface area (Å²) in [5, 5.41) is 8.59. The first-order valence-corrected chi connectivity index (χ1v) is 5.76. The first-order valence-electron chi connectivity index (χ1n) is 5.76. The molecule has 0 amide bonds. The zero-order valence-corrected chi connectivity index (χ0v) is 11.2. The Labute approximate surface area is 95.2 Å². The van der Waals surface area contributed by atoms with Crippen molar-refractivity contribution < 1.29 is 5.11 Å². The Morgan fingerprint density at radius 2 is 1.53 bits per heavy atom. The molecule has 0 saturated heterocycles. The van der Waals surface area contributed by atoms with Crippen LogP contribution in [0.25, 0.3) is 0 Å². The summed E-state index contributed by atoms with van der Waals surface area (Å²) in [4.78, 5) is 0. The lowest BCUT2D eigenvalue weighted by atomic mass is 9.91. The molecule has 0 aliphatic heterocycles. The highest BCUT2D eigenvalue weighted by molar-refractivity contribution is 4.77. The maximum Gasteiger partial charge on any atom is 0.0473 e. The van der Waals surface area contributed by atoms with Gasteiger partial charge in [-0.3, -0.25) is 0 Å². The molecule has 0 aromatic rings. The predicted octanol–water partition coefficient (Wildman–Crippen LogP) is 1.73. The average Bonchev–Trinajstić information content (AvgIpc) is 1.99. The van der Waals surface area contributed by atoms with Gasteiger partial charge in [-0.2, -0.15) is 0 Å². The largest absolute Gasteiger partial charge is 0.396 e. The zero-order chi connectivity index (χ0) is 12.6. The zero-order valence-electron chi connectivity index (χ0n) is 11.2. The minimum atomic E-state index is -0.241. The molecule has 0 radical (unpaired) electrons. The van der Waals surface area contributed by atoms with Gasteiger partial charge in [-0.05, 0) is 39.0 Å². The molecule has 15 heavy (non-hydrogen) atoms. The molecule has 0 saturated carbocycles. The summed E-state index contributed by atoms with van der Waals surface area (Å²) in [6.07, 6.45) is 1.14. The van der Waals surface area contributed by atoms with Gasteiger partial charge in [0.2, 0.25) is 0 Å². The molecule has 0 aliphatic carbocycles. The van der Waals surface area contributed by atoms with E-state index >= 15 is 0 Å². The highest BCUT2D eigenvalue weighted by Crippen LogP contribution is 2.10. The van der Waals surface area contributed by atoms with E-state index in [1.54, 1.807) is 0 Å². The Hall–Kier alpha value is -0.120. The van der Waals surface area contributed by atoms with Gasteiger partial charge in [0.25, 0.3) is 0 Å². The Balaban J connectivity index is 0. The molecular weight excluding hydrogens is 188 g/mol. The van der Waals surface area contributed by atoms with Crippen molar-refractivity contribution in [2.75, 3.05) is 6.61 Å². The van der Waals surface area contributed by atoms with E-state index < -0.39 is 0 Å². The fourth-order valence-electron chi connectivity index (χ4n) is 0.979. The van der Waals surface area contributed by atoms with Gasteiger partial charge >= 0.3 is 0 Å². The number of hydrogen-bond donors (Lipinski definition) is 3.